The Bertz CT molecular complexity index is 1450. The third-order valence-corrected chi connectivity index (χ3v) is 9.41. The normalized spacial score (nSPS) is 20.5. The first-order chi connectivity index (χ1) is 18.2. The SMILES string of the molecule is CC(=O)OCC1CC(c2ccc(C(=O)N3CCN(S(=O)(=O)c4ccc5cc(Cl)ccc5c4)CC3)cc2)CN1. The standard InChI is InChI=1S/C28H30ClN3O5S/c1-19(33)37-18-26-15-24(17-30-26)20-2-4-21(5-3-20)28(34)31-10-12-32(13-11-31)38(35,36)27-9-7-22-14-25(29)8-6-23(22)16-27/h2-9,14,16,24,26,30H,10-13,15,17-18H2,1H3. The van der Waals surface area contributed by atoms with Crippen LogP contribution in [-0.2, 0) is 19.6 Å². The molecule has 5 rings (SSSR count). The molecule has 3 aromatic rings. The molecule has 1 amide bonds. The first-order valence-corrected chi connectivity index (χ1v) is 14.5. The summed E-state index contributed by atoms with van der Waals surface area (Å²) in [5.74, 6) is -0.0926. The number of hydrogen-bond donors (Lipinski definition) is 1. The number of nitrogens with one attached hydrogen (secondary N) is 1. The Morgan fingerprint density at radius 2 is 1.66 bits per heavy atom. The van der Waals surface area contributed by atoms with E-state index in [4.69, 9.17) is 16.3 Å². The number of fused-ring (bicyclic) bond motifs is 1. The highest BCUT2D eigenvalue weighted by atomic mass is 35.5. The summed E-state index contributed by atoms with van der Waals surface area (Å²) in [6.45, 7) is 3.69. The van der Waals surface area contributed by atoms with Crippen molar-refractivity contribution < 1.29 is 22.7 Å². The summed E-state index contributed by atoms with van der Waals surface area (Å²) < 4.78 is 33.1. The Balaban J connectivity index is 1.18. The maximum atomic E-state index is 13.3. The molecular formula is C28H30ClN3O5S. The molecule has 2 atom stereocenters. The van der Waals surface area contributed by atoms with E-state index in [9.17, 15) is 18.0 Å². The fraction of sp³-hybridized carbons (Fsp3) is 0.357. The van der Waals surface area contributed by atoms with Gasteiger partial charge in [0.25, 0.3) is 5.91 Å². The number of esters is 1. The zero-order chi connectivity index (χ0) is 26.9. The first-order valence-electron chi connectivity index (χ1n) is 12.7. The van der Waals surface area contributed by atoms with Gasteiger partial charge in [-0.1, -0.05) is 35.9 Å². The number of amides is 1. The lowest BCUT2D eigenvalue weighted by Gasteiger charge is -2.34. The third kappa shape index (κ3) is 5.71. The topological polar surface area (TPSA) is 96.0 Å². The second-order valence-electron chi connectivity index (χ2n) is 9.81. The lowest BCUT2D eigenvalue weighted by molar-refractivity contribution is -0.141. The number of carbonyl (C=O) groups excluding carboxylic acids is 2. The predicted molar refractivity (Wildman–Crippen MR) is 146 cm³/mol. The lowest BCUT2D eigenvalue weighted by atomic mass is 9.95. The van der Waals surface area contributed by atoms with Crippen LogP contribution in [0.15, 0.2) is 65.6 Å². The van der Waals surface area contributed by atoms with E-state index in [-0.39, 0.29) is 35.9 Å². The van der Waals surface area contributed by atoms with Gasteiger partial charge in [-0.15, -0.1) is 0 Å². The van der Waals surface area contributed by atoms with Crippen LogP contribution in [0.3, 0.4) is 0 Å². The van der Waals surface area contributed by atoms with E-state index in [2.05, 4.69) is 5.32 Å². The highest BCUT2D eigenvalue weighted by molar-refractivity contribution is 7.89. The van der Waals surface area contributed by atoms with E-state index in [0.29, 0.717) is 36.2 Å². The summed E-state index contributed by atoms with van der Waals surface area (Å²) in [5, 5.41) is 5.66. The van der Waals surface area contributed by atoms with E-state index in [1.807, 2.05) is 30.3 Å². The summed E-state index contributed by atoms with van der Waals surface area (Å²) in [5.41, 5.74) is 1.72. The summed E-state index contributed by atoms with van der Waals surface area (Å²) >= 11 is 6.04. The lowest BCUT2D eigenvalue weighted by Crippen LogP contribution is -2.50. The van der Waals surface area contributed by atoms with E-state index >= 15 is 0 Å². The molecule has 38 heavy (non-hydrogen) atoms. The zero-order valence-corrected chi connectivity index (χ0v) is 22.7. The van der Waals surface area contributed by atoms with Crippen LogP contribution < -0.4 is 5.32 Å². The van der Waals surface area contributed by atoms with Gasteiger partial charge in [-0.2, -0.15) is 4.31 Å². The smallest absolute Gasteiger partial charge is 0.302 e. The van der Waals surface area contributed by atoms with Crippen molar-refractivity contribution in [2.75, 3.05) is 39.3 Å². The van der Waals surface area contributed by atoms with Crippen molar-refractivity contribution in [3.05, 3.63) is 76.8 Å². The van der Waals surface area contributed by atoms with E-state index < -0.39 is 10.0 Å². The van der Waals surface area contributed by atoms with Gasteiger partial charge in [0.2, 0.25) is 10.0 Å². The molecule has 0 aliphatic carbocycles. The number of nitrogens with zero attached hydrogens (tertiary/aromatic N) is 2. The average Bonchev–Trinajstić information content (AvgIpc) is 3.40. The maximum absolute atomic E-state index is 13.3. The molecule has 200 valence electrons. The number of benzene rings is 3. The van der Waals surface area contributed by atoms with Gasteiger partial charge in [-0.05, 0) is 65.1 Å². The highest BCUT2D eigenvalue weighted by Gasteiger charge is 2.31. The van der Waals surface area contributed by atoms with Crippen LogP contribution >= 0.6 is 11.6 Å². The summed E-state index contributed by atoms with van der Waals surface area (Å²) in [4.78, 5) is 26.1. The molecule has 10 heteroatoms. The minimum Gasteiger partial charge on any atom is -0.464 e. The average molecular weight is 556 g/mol. The van der Waals surface area contributed by atoms with Crippen LogP contribution in [0.1, 0.15) is 35.2 Å². The van der Waals surface area contributed by atoms with Gasteiger partial charge in [0.1, 0.15) is 6.61 Å². The van der Waals surface area contributed by atoms with Crippen LogP contribution in [0, 0.1) is 0 Å². The molecule has 2 heterocycles. The highest BCUT2D eigenvalue weighted by Crippen LogP contribution is 2.27. The third-order valence-electron chi connectivity index (χ3n) is 7.28. The van der Waals surface area contributed by atoms with Gasteiger partial charge in [-0.25, -0.2) is 8.42 Å². The van der Waals surface area contributed by atoms with Gasteiger partial charge in [-0.3, -0.25) is 9.59 Å². The van der Waals surface area contributed by atoms with Crippen LogP contribution in [0.2, 0.25) is 5.02 Å². The van der Waals surface area contributed by atoms with E-state index in [0.717, 1.165) is 29.3 Å². The number of halogens is 1. The number of carbonyl (C=O) groups is 2. The molecule has 2 aliphatic heterocycles. The number of piperazine rings is 1. The van der Waals surface area contributed by atoms with Crippen molar-refractivity contribution in [2.24, 2.45) is 0 Å². The van der Waals surface area contributed by atoms with E-state index in [1.54, 1.807) is 35.2 Å². The molecule has 0 bridgehead atoms. The van der Waals surface area contributed by atoms with Crippen LogP contribution in [0.5, 0.6) is 0 Å². The fourth-order valence-corrected chi connectivity index (χ4v) is 6.77. The predicted octanol–water partition coefficient (Wildman–Crippen LogP) is 3.65. The molecule has 2 aliphatic rings. The Morgan fingerprint density at radius 3 is 2.37 bits per heavy atom. The minimum atomic E-state index is -3.68. The first kappa shape index (κ1) is 26.6. The van der Waals surface area contributed by atoms with Gasteiger partial charge >= 0.3 is 5.97 Å². The van der Waals surface area contributed by atoms with Crippen molar-refractivity contribution in [2.45, 2.75) is 30.2 Å². The maximum Gasteiger partial charge on any atom is 0.302 e. The summed E-state index contributed by atoms with van der Waals surface area (Å²) in [6, 6.07) is 18.1. The molecule has 0 radical (unpaired) electrons. The summed E-state index contributed by atoms with van der Waals surface area (Å²) in [7, 11) is -3.68. The molecule has 2 fully saturated rings. The molecule has 2 saturated heterocycles. The quantitative estimate of drug-likeness (QED) is 0.467. The summed E-state index contributed by atoms with van der Waals surface area (Å²) in [6.07, 6.45) is 0.863. The van der Waals surface area contributed by atoms with Gasteiger partial charge in [0.15, 0.2) is 0 Å². The molecule has 3 aromatic carbocycles. The molecule has 1 N–H and O–H groups in total. The Hall–Kier alpha value is -2.98. The molecule has 0 spiro atoms. The van der Waals surface area contributed by atoms with Crippen LogP contribution in [-0.4, -0.2) is 74.9 Å². The second-order valence-corrected chi connectivity index (χ2v) is 12.2. The Labute approximate surface area is 227 Å². The van der Waals surface area contributed by atoms with Gasteiger partial charge in [0.05, 0.1) is 4.90 Å². The van der Waals surface area contributed by atoms with Gasteiger partial charge in [0, 0.05) is 56.3 Å². The van der Waals surface area contributed by atoms with Crippen LogP contribution in [0.4, 0.5) is 0 Å². The van der Waals surface area contributed by atoms with Crippen LogP contribution in [0.25, 0.3) is 10.8 Å². The number of sulfonamides is 1. The van der Waals surface area contributed by atoms with E-state index in [1.165, 1.54) is 11.2 Å². The second kappa shape index (κ2) is 11.0. The molecular weight excluding hydrogens is 526 g/mol. The zero-order valence-electron chi connectivity index (χ0n) is 21.1. The van der Waals surface area contributed by atoms with Crippen molar-refractivity contribution in [3.8, 4) is 0 Å². The number of rotatable bonds is 6. The molecule has 0 aromatic heterocycles. The van der Waals surface area contributed by atoms with Gasteiger partial charge < -0.3 is 15.0 Å². The minimum absolute atomic E-state index is 0.103. The van der Waals surface area contributed by atoms with Crippen molar-refractivity contribution in [1.29, 1.82) is 0 Å². The van der Waals surface area contributed by atoms with Crippen molar-refractivity contribution in [1.82, 2.24) is 14.5 Å². The fourth-order valence-electron chi connectivity index (χ4n) is 5.13. The molecule has 2 unspecified atom stereocenters. The monoisotopic (exact) mass is 555 g/mol. The van der Waals surface area contributed by atoms with Crippen molar-refractivity contribution >= 4 is 44.3 Å². The Morgan fingerprint density at radius 1 is 0.974 bits per heavy atom. The largest absolute Gasteiger partial charge is 0.464 e. The Kier molecular flexibility index (Phi) is 7.72. The molecule has 0 saturated carbocycles. The number of hydrogen-bond acceptors (Lipinski definition) is 6. The number of ether oxygens (including phenoxy) is 1. The van der Waals surface area contributed by atoms with Crippen molar-refractivity contribution in [3.63, 3.8) is 0 Å². The molecule has 8 nitrogen and oxygen atoms in total.